The van der Waals surface area contributed by atoms with Gasteiger partial charge in [0.05, 0.1) is 5.69 Å². The van der Waals surface area contributed by atoms with Crippen molar-refractivity contribution in [3.63, 3.8) is 0 Å². The van der Waals surface area contributed by atoms with E-state index in [1.807, 2.05) is 0 Å². The fourth-order valence-corrected chi connectivity index (χ4v) is 4.54. The Balaban J connectivity index is 1.61. The number of nitrogens with zero attached hydrogens (tertiary/aromatic N) is 2. The van der Waals surface area contributed by atoms with Gasteiger partial charge in [0.25, 0.3) is 5.91 Å². The number of hydrogen-bond acceptors (Lipinski definition) is 2. The summed E-state index contributed by atoms with van der Waals surface area (Å²) in [7, 11) is 0. The highest BCUT2D eigenvalue weighted by atomic mass is 19.1. The summed E-state index contributed by atoms with van der Waals surface area (Å²) < 4.78 is 29.2. The molecule has 6 heteroatoms. The Bertz CT molecular complexity index is 872. The van der Waals surface area contributed by atoms with E-state index < -0.39 is 11.6 Å². The fraction of sp³-hybridized carbons (Fsp3) is 0.474. The molecule has 1 heterocycles. The van der Waals surface area contributed by atoms with Crippen LogP contribution in [0, 0.1) is 11.6 Å². The molecule has 4 nitrogen and oxygen atoms in total. The molecule has 0 spiro atoms. The zero-order valence-electron chi connectivity index (χ0n) is 13.8. The van der Waals surface area contributed by atoms with Gasteiger partial charge in [-0.2, -0.15) is 5.10 Å². The van der Waals surface area contributed by atoms with Crippen LogP contribution in [0.2, 0.25) is 0 Å². The highest BCUT2D eigenvalue weighted by Crippen LogP contribution is 2.54. The van der Waals surface area contributed by atoms with Crippen LogP contribution in [-0.4, -0.2) is 21.7 Å². The van der Waals surface area contributed by atoms with Crippen molar-refractivity contribution in [2.24, 2.45) is 0 Å². The molecule has 2 atom stereocenters. The molecule has 2 aromatic rings. The predicted octanol–water partition coefficient (Wildman–Crippen LogP) is 3.80. The largest absolute Gasteiger partial charge is 0.348 e. The van der Waals surface area contributed by atoms with Crippen LogP contribution in [0.25, 0.3) is 5.69 Å². The normalized spacial score (nSPS) is 24.2. The number of hydrogen-bond donors (Lipinski definition) is 1. The number of aromatic nitrogens is 2. The Morgan fingerprint density at radius 2 is 1.96 bits per heavy atom. The zero-order valence-corrected chi connectivity index (χ0v) is 13.8. The molecule has 3 aliphatic rings. The summed E-state index contributed by atoms with van der Waals surface area (Å²) in [6, 6.07) is 3.73. The molecule has 2 saturated carbocycles. The second-order valence-electron chi connectivity index (χ2n) is 7.46. The maximum Gasteiger partial charge on any atom is 0.272 e. The lowest BCUT2D eigenvalue weighted by Crippen LogP contribution is -2.40. The lowest BCUT2D eigenvalue weighted by Gasteiger charge is -2.26. The van der Waals surface area contributed by atoms with Gasteiger partial charge in [0.2, 0.25) is 0 Å². The third-order valence-electron chi connectivity index (χ3n) is 5.98. The predicted molar refractivity (Wildman–Crippen MR) is 87.9 cm³/mol. The van der Waals surface area contributed by atoms with Gasteiger partial charge >= 0.3 is 0 Å². The van der Waals surface area contributed by atoms with E-state index in [0.717, 1.165) is 55.8 Å². The van der Waals surface area contributed by atoms with Crippen LogP contribution in [0.5, 0.6) is 0 Å². The molecule has 25 heavy (non-hydrogen) atoms. The van der Waals surface area contributed by atoms with E-state index in [4.69, 9.17) is 0 Å². The average Bonchev–Trinajstić information content (AvgIpc) is 3.22. The summed E-state index contributed by atoms with van der Waals surface area (Å²) in [4.78, 5) is 12.7. The molecule has 1 N–H and O–H groups in total. The van der Waals surface area contributed by atoms with E-state index in [0.29, 0.717) is 17.5 Å². The quantitative estimate of drug-likeness (QED) is 0.921. The van der Waals surface area contributed by atoms with Crippen LogP contribution >= 0.6 is 0 Å². The molecule has 2 fully saturated rings. The summed E-state index contributed by atoms with van der Waals surface area (Å²) in [5, 5.41) is 7.53. The first-order valence-corrected chi connectivity index (χ1v) is 9.01. The Hall–Kier alpha value is -2.24. The number of rotatable bonds is 3. The highest BCUT2D eigenvalue weighted by molar-refractivity contribution is 5.95. The van der Waals surface area contributed by atoms with Gasteiger partial charge in [-0.15, -0.1) is 0 Å². The van der Waals surface area contributed by atoms with E-state index in [2.05, 4.69) is 10.4 Å². The van der Waals surface area contributed by atoms with Gasteiger partial charge in [0.15, 0.2) is 11.5 Å². The average molecular weight is 343 g/mol. The summed E-state index contributed by atoms with van der Waals surface area (Å²) in [5.41, 5.74) is 2.57. The van der Waals surface area contributed by atoms with Crippen molar-refractivity contribution in [2.45, 2.75) is 56.4 Å². The number of nitrogens with one attached hydrogen (secondary N) is 1. The Labute approximate surface area is 144 Å². The van der Waals surface area contributed by atoms with Crippen molar-refractivity contribution in [1.29, 1.82) is 0 Å². The number of fused-ring (bicyclic) bond motifs is 5. The van der Waals surface area contributed by atoms with E-state index in [1.165, 1.54) is 12.1 Å². The smallest absolute Gasteiger partial charge is 0.272 e. The van der Waals surface area contributed by atoms with E-state index in [9.17, 15) is 13.6 Å². The topological polar surface area (TPSA) is 46.9 Å². The third kappa shape index (κ3) is 2.23. The molecular weight excluding hydrogens is 324 g/mol. The van der Waals surface area contributed by atoms with Gasteiger partial charge in [-0.3, -0.25) is 4.79 Å². The highest BCUT2D eigenvalue weighted by Gasteiger charge is 2.44. The minimum atomic E-state index is -0.654. The SMILES string of the molecule is O=C(NC1CCC1)c1nn(-c2ccc(F)cc2F)c2c1C1CCC2C1. The van der Waals surface area contributed by atoms with Crippen LogP contribution in [-0.2, 0) is 0 Å². The van der Waals surface area contributed by atoms with Crippen molar-refractivity contribution in [3.8, 4) is 5.69 Å². The molecule has 3 aliphatic carbocycles. The van der Waals surface area contributed by atoms with Crippen LogP contribution in [0.1, 0.15) is 72.1 Å². The van der Waals surface area contributed by atoms with Gasteiger partial charge in [-0.05, 0) is 56.6 Å². The summed E-state index contributed by atoms with van der Waals surface area (Å²) in [5.74, 6) is -0.787. The maximum atomic E-state index is 14.3. The summed E-state index contributed by atoms with van der Waals surface area (Å²) in [6.07, 6.45) is 6.25. The standard InChI is InChI=1S/C19H19F2N3O/c20-12-6-7-15(14(21)9-12)24-18-11-5-4-10(8-11)16(18)17(23-24)19(25)22-13-2-1-3-13/h6-7,9-11,13H,1-5,8H2,(H,22,25). The Morgan fingerprint density at radius 3 is 2.68 bits per heavy atom. The molecule has 0 aliphatic heterocycles. The van der Waals surface area contributed by atoms with E-state index in [-0.39, 0.29) is 17.6 Å². The summed E-state index contributed by atoms with van der Waals surface area (Å²) >= 11 is 0. The second kappa shape index (κ2) is 5.38. The van der Waals surface area contributed by atoms with Crippen molar-refractivity contribution in [3.05, 3.63) is 46.8 Å². The van der Waals surface area contributed by atoms with Gasteiger partial charge < -0.3 is 5.32 Å². The molecule has 2 bridgehead atoms. The van der Waals surface area contributed by atoms with Crippen LogP contribution in [0.15, 0.2) is 18.2 Å². The molecule has 1 aromatic carbocycles. The van der Waals surface area contributed by atoms with Crippen molar-refractivity contribution in [1.82, 2.24) is 15.1 Å². The maximum absolute atomic E-state index is 14.3. The lowest BCUT2D eigenvalue weighted by molar-refractivity contribution is 0.0910. The number of amides is 1. The molecular formula is C19H19F2N3O. The number of halogens is 2. The minimum Gasteiger partial charge on any atom is -0.348 e. The molecule has 1 aromatic heterocycles. The second-order valence-corrected chi connectivity index (χ2v) is 7.46. The van der Waals surface area contributed by atoms with Crippen LogP contribution in [0.4, 0.5) is 8.78 Å². The molecule has 2 unspecified atom stereocenters. The van der Waals surface area contributed by atoms with Gasteiger partial charge in [0, 0.05) is 23.6 Å². The van der Waals surface area contributed by atoms with Gasteiger partial charge in [-0.25, -0.2) is 13.5 Å². The molecule has 0 saturated heterocycles. The first-order chi connectivity index (χ1) is 12.1. The van der Waals surface area contributed by atoms with Crippen LogP contribution < -0.4 is 5.32 Å². The van der Waals surface area contributed by atoms with E-state index in [1.54, 1.807) is 4.68 Å². The van der Waals surface area contributed by atoms with Crippen LogP contribution in [0.3, 0.4) is 0 Å². The molecule has 130 valence electrons. The van der Waals surface area contributed by atoms with Gasteiger partial charge in [0.1, 0.15) is 11.5 Å². The first kappa shape index (κ1) is 15.0. The zero-order chi connectivity index (χ0) is 17.1. The number of carbonyl (C=O) groups is 1. The minimum absolute atomic E-state index is 0.158. The van der Waals surface area contributed by atoms with Crippen molar-refractivity contribution < 1.29 is 13.6 Å². The molecule has 0 radical (unpaired) electrons. The van der Waals surface area contributed by atoms with E-state index >= 15 is 0 Å². The van der Waals surface area contributed by atoms with Crippen molar-refractivity contribution >= 4 is 5.91 Å². The van der Waals surface area contributed by atoms with Crippen molar-refractivity contribution in [2.75, 3.05) is 0 Å². The molecule has 1 amide bonds. The summed E-state index contributed by atoms with van der Waals surface area (Å²) in [6.45, 7) is 0. The number of carbonyl (C=O) groups excluding carboxylic acids is 1. The van der Waals surface area contributed by atoms with Gasteiger partial charge in [-0.1, -0.05) is 0 Å². The third-order valence-corrected chi connectivity index (χ3v) is 5.98. The lowest BCUT2D eigenvalue weighted by atomic mass is 9.92. The molecule has 5 rings (SSSR count). The number of benzene rings is 1. The monoisotopic (exact) mass is 343 g/mol. The Kier molecular flexibility index (Phi) is 3.24. The fourth-order valence-electron chi connectivity index (χ4n) is 4.54. The first-order valence-electron chi connectivity index (χ1n) is 9.01. The Morgan fingerprint density at radius 1 is 1.16 bits per heavy atom.